The minimum atomic E-state index is -0.464. The number of rotatable bonds is 7. The van der Waals surface area contributed by atoms with Crippen molar-refractivity contribution in [3.05, 3.63) is 181 Å². The number of nitro benzene ring substituents is 3. The van der Waals surface area contributed by atoms with E-state index in [1.165, 1.54) is 36.4 Å². The average molecular weight is 750 g/mol. The van der Waals surface area contributed by atoms with Gasteiger partial charge < -0.3 is 9.97 Å². The van der Waals surface area contributed by atoms with E-state index >= 15 is 0 Å². The monoisotopic (exact) mass is 749 g/mol. The molecule has 2 N–H and O–H groups in total. The summed E-state index contributed by atoms with van der Waals surface area (Å²) in [5.41, 5.74) is 9.34. The van der Waals surface area contributed by atoms with Gasteiger partial charge in [-0.3, -0.25) is 30.3 Å². The molecule has 0 radical (unpaired) electrons. The molecule has 7 aromatic rings. The van der Waals surface area contributed by atoms with Crippen molar-refractivity contribution in [2.45, 2.75) is 0 Å². The summed E-state index contributed by atoms with van der Waals surface area (Å²) in [4.78, 5) is 51.9. The molecule has 0 amide bonds. The molecule has 8 bridgehead atoms. The maximum absolute atomic E-state index is 12.0. The molecular formula is C44H27N7O6. The van der Waals surface area contributed by atoms with E-state index < -0.39 is 14.8 Å². The lowest BCUT2D eigenvalue weighted by molar-refractivity contribution is -0.385. The van der Waals surface area contributed by atoms with Crippen LogP contribution >= 0.6 is 0 Å². The van der Waals surface area contributed by atoms with Gasteiger partial charge in [-0.15, -0.1) is 0 Å². The number of nitrogens with zero attached hydrogens (tertiary/aromatic N) is 5. The van der Waals surface area contributed by atoms with Crippen LogP contribution in [-0.4, -0.2) is 34.7 Å². The van der Waals surface area contributed by atoms with Gasteiger partial charge in [0, 0.05) is 80.7 Å². The Morgan fingerprint density at radius 1 is 0.368 bits per heavy atom. The van der Waals surface area contributed by atoms with Crippen LogP contribution in [0.4, 0.5) is 17.1 Å². The Labute approximate surface area is 322 Å². The van der Waals surface area contributed by atoms with Crippen molar-refractivity contribution in [2.24, 2.45) is 0 Å². The lowest BCUT2D eigenvalue weighted by atomic mass is 10.0. The van der Waals surface area contributed by atoms with E-state index in [9.17, 15) is 30.3 Å². The van der Waals surface area contributed by atoms with E-state index in [-0.39, 0.29) is 17.1 Å². The fraction of sp³-hybridized carbons (Fsp3) is 0. The van der Waals surface area contributed by atoms with Crippen LogP contribution in [-0.2, 0) is 0 Å². The topological polar surface area (TPSA) is 187 Å². The third-order valence-electron chi connectivity index (χ3n) is 9.85. The second-order valence-electron chi connectivity index (χ2n) is 13.3. The smallest absolute Gasteiger partial charge is 0.270 e. The molecule has 13 nitrogen and oxygen atoms in total. The zero-order valence-electron chi connectivity index (χ0n) is 29.6. The Morgan fingerprint density at radius 2 is 0.667 bits per heavy atom. The van der Waals surface area contributed by atoms with Crippen molar-refractivity contribution in [2.75, 3.05) is 0 Å². The van der Waals surface area contributed by atoms with Gasteiger partial charge >= 0.3 is 0 Å². The van der Waals surface area contributed by atoms with E-state index in [4.69, 9.17) is 9.97 Å². The number of nitrogens with one attached hydrogen (secondary N) is 2. The summed E-state index contributed by atoms with van der Waals surface area (Å²) in [5, 5.41) is 35.9. The van der Waals surface area contributed by atoms with Gasteiger partial charge in [0.25, 0.3) is 17.1 Å². The van der Waals surface area contributed by atoms with E-state index in [1.807, 2.05) is 72.8 Å². The molecule has 0 fully saturated rings. The molecule has 0 saturated carbocycles. The van der Waals surface area contributed by atoms with Gasteiger partial charge in [0.2, 0.25) is 0 Å². The number of nitro groups is 3. The lowest BCUT2D eigenvalue weighted by Crippen LogP contribution is -1.92. The third-order valence-corrected chi connectivity index (χ3v) is 9.85. The number of non-ortho nitro benzene ring substituents is 3. The first kappa shape index (κ1) is 34.4. The Balaban J connectivity index is 1.48. The average Bonchev–Trinajstić information content (AvgIpc) is 4.07. The molecule has 0 unspecified atom stereocenters. The van der Waals surface area contributed by atoms with Crippen LogP contribution < -0.4 is 0 Å². The summed E-state index contributed by atoms with van der Waals surface area (Å²) in [7, 11) is 0. The summed E-state index contributed by atoms with van der Waals surface area (Å²) in [6.45, 7) is 0. The first-order valence-corrected chi connectivity index (χ1v) is 17.7. The molecule has 2 aliphatic rings. The molecule has 5 heterocycles. The highest BCUT2D eigenvalue weighted by atomic mass is 16.6. The third kappa shape index (κ3) is 6.30. The van der Waals surface area contributed by atoms with E-state index in [0.29, 0.717) is 78.2 Å². The van der Waals surface area contributed by atoms with Gasteiger partial charge in [0.15, 0.2) is 0 Å². The fourth-order valence-electron chi connectivity index (χ4n) is 7.35. The van der Waals surface area contributed by atoms with Gasteiger partial charge in [0.1, 0.15) is 0 Å². The summed E-state index contributed by atoms with van der Waals surface area (Å²) in [6.07, 6.45) is 7.39. The number of aromatic amines is 2. The first-order valence-electron chi connectivity index (χ1n) is 17.7. The van der Waals surface area contributed by atoms with Crippen LogP contribution in [0.3, 0.4) is 0 Å². The Kier molecular flexibility index (Phi) is 8.36. The Bertz CT molecular complexity index is 3020. The van der Waals surface area contributed by atoms with Crippen LogP contribution in [0.25, 0.3) is 90.9 Å². The van der Waals surface area contributed by atoms with Crippen LogP contribution in [0.1, 0.15) is 22.8 Å². The van der Waals surface area contributed by atoms with Crippen molar-refractivity contribution in [1.29, 1.82) is 0 Å². The van der Waals surface area contributed by atoms with Crippen LogP contribution in [0, 0.1) is 30.3 Å². The van der Waals surface area contributed by atoms with Gasteiger partial charge in [0.05, 0.1) is 37.5 Å². The molecule has 0 aliphatic carbocycles. The Hall–Kier alpha value is -8.32. The van der Waals surface area contributed by atoms with E-state index in [0.717, 1.165) is 11.1 Å². The molecule has 0 saturated heterocycles. The zero-order valence-corrected chi connectivity index (χ0v) is 29.6. The Morgan fingerprint density at radius 3 is 0.982 bits per heavy atom. The molecule has 274 valence electrons. The van der Waals surface area contributed by atoms with Gasteiger partial charge in [-0.25, -0.2) is 9.97 Å². The molecular weight excluding hydrogens is 723 g/mol. The largest absolute Gasteiger partial charge is 0.354 e. The fourth-order valence-corrected chi connectivity index (χ4v) is 7.35. The number of hydrogen-bond donors (Lipinski definition) is 2. The summed E-state index contributed by atoms with van der Waals surface area (Å²) in [6, 6.07) is 36.2. The molecule has 0 atom stereocenters. The SMILES string of the molecule is O=[N+]([O-])c1cccc(-c2c3nc(c(-c4cccc([N+](=O)[O-])c4)c4ccc([nH]4)c(-c4cccc([N+](=O)[O-])c4)c4nc(c(-c5ccccc5)c5ccc2[nH]5)C=C4)C=C3)c1. The molecule has 2 aliphatic heterocycles. The predicted octanol–water partition coefficient (Wildman–Crippen LogP) is 11.0. The minimum Gasteiger partial charge on any atom is -0.354 e. The summed E-state index contributed by atoms with van der Waals surface area (Å²) >= 11 is 0. The molecule has 4 aromatic carbocycles. The molecule has 13 heteroatoms. The number of H-pyrrole nitrogens is 2. The van der Waals surface area contributed by atoms with Gasteiger partial charge in [-0.05, 0) is 70.8 Å². The van der Waals surface area contributed by atoms with Crippen molar-refractivity contribution >= 4 is 63.4 Å². The van der Waals surface area contributed by atoms with Crippen LogP contribution in [0.2, 0.25) is 0 Å². The number of aromatic nitrogens is 4. The minimum absolute atomic E-state index is 0.0886. The molecule has 9 rings (SSSR count). The predicted molar refractivity (Wildman–Crippen MR) is 221 cm³/mol. The number of fused-ring (bicyclic) bond motifs is 8. The standard InChI is InChI=1S/C44H27N7O6/c52-49(53)30-12-4-9-27(23-30)42-35-17-15-33(45-35)41(26-7-2-1-3-8-26)34-16-18-36(46-34)43(28-10-5-13-31(24-28)50(54)55)38-20-22-40(48-38)44(39-21-19-37(42)47-39)29-11-6-14-32(25-29)51(56)57/h1-25,45,48H. The van der Waals surface area contributed by atoms with Gasteiger partial charge in [-0.2, -0.15) is 0 Å². The van der Waals surface area contributed by atoms with E-state index in [1.54, 1.807) is 42.5 Å². The van der Waals surface area contributed by atoms with Gasteiger partial charge in [-0.1, -0.05) is 66.7 Å². The maximum atomic E-state index is 12.0. The highest BCUT2D eigenvalue weighted by molar-refractivity contribution is 6.00. The van der Waals surface area contributed by atoms with Crippen LogP contribution in [0.5, 0.6) is 0 Å². The van der Waals surface area contributed by atoms with Crippen molar-refractivity contribution in [1.82, 2.24) is 19.9 Å². The quantitative estimate of drug-likeness (QED) is 0.119. The van der Waals surface area contributed by atoms with Crippen LogP contribution in [0.15, 0.2) is 127 Å². The van der Waals surface area contributed by atoms with Crippen molar-refractivity contribution < 1.29 is 14.8 Å². The molecule has 57 heavy (non-hydrogen) atoms. The zero-order chi connectivity index (χ0) is 39.2. The van der Waals surface area contributed by atoms with Crippen molar-refractivity contribution in [3.8, 4) is 44.5 Å². The highest BCUT2D eigenvalue weighted by Gasteiger charge is 2.21. The number of benzene rings is 4. The first-order chi connectivity index (χ1) is 27.7. The second-order valence-corrected chi connectivity index (χ2v) is 13.3. The van der Waals surface area contributed by atoms with Crippen molar-refractivity contribution in [3.63, 3.8) is 0 Å². The summed E-state index contributed by atoms with van der Waals surface area (Å²) in [5.74, 6) is 0. The summed E-state index contributed by atoms with van der Waals surface area (Å²) < 4.78 is 0. The normalized spacial score (nSPS) is 11.8. The second kappa shape index (κ2) is 13.8. The van der Waals surface area contributed by atoms with E-state index in [2.05, 4.69) is 9.97 Å². The highest BCUT2D eigenvalue weighted by Crippen LogP contribution is 2.39. The maximum Gasteiger partial charge on any atom is 0.270 e. The molecule has 0 spiro atoms. The lowest BCUT2D eigenvalue weighted by Gasteiger charge is -2.07. The number of hydrogen-bond acceptors (Lipinski definition) is 8. The molecule has 3 aromatic heterocycles.